The van der Waals surface area contributed by atoms with E-state index in [1.54, 1.807) is 0 Å². The van der Waals surface area contributed by atoms with Gasteiger partial charge in [-0.15, -0.1) is 0 Å². The van der Waals surface area contributed by atoms with E-state index >= 15 is 0 Å². The Morgan fingerprint density at radius 3 is 2.64 bits per heavy atom. The smallest absolute Gasteiger partial charge is 0.293 e. The summed E-state index contributed by atoms with van der Waals surface area (Å²) >= 11 is 3.14. The van der Waals surface area contributed by atoms with E-state index in [1.807, 2.05) is 0 Å². The molecule has 1 aliphatic carbocycles. The van der Waals surface area contributed by atoms with Gasteiger partial charge < -0.3 is 4.52 Å². The molecule has 0 saturated heterocycles. The molecule has 1 aromatic heterocycles. The number of aromatic nitrogens is 2. The topological polar surface area (TPSA) is 38.9 Å². The van der Waals surface area contributed by atoms with Gasteiger partial charge in [0.25, 0.3) is 4.80 Å². The van der Waals surface area contributed by atoms with Crippen LogP contribution in [0, 0.1) is 0 Å². The summed E-state index contributed by atoms with van der Waals surface area (Å²) in [5, 5.41) is 3.88. The number of halogens is 1. The van der Waals surface area contributed by atoms with Gasteiger partial charge in [0.15, 0.2) is 5.82 Å². The monoisotopic (exact) mass is 216 g/mol. The molecule has 2 rings (SSSR count). The van der Waals surface area contributed by atoms with Gasteiger partial charge in [-0.25, -0.2) is 0 Å². The molecule has 0 atom stereocenters. The summed E-state index contributed by atoms with van der Waals surface area (Å²) in [6.45, 7) is 2.17. The van der Waals surface area contributed by atoms with E-state index in [0.29, 0.717) is 4.80 Å². The number of hydrogen-bond donors (Lipinski definition) is 0. The lowest BCUT2D eigenvalue weighted by atomic mass is 9.70. The zero-order valence-corrected chi connectivity index (χ0v) is 7.89. The van der Waals surface area contributed by atoms with Gasteiger partial charge in [-0.2, -0.15) is 4.98 Å². The summed E-state index contributed by atoms with van der Waals surface area (Å²) in [5.41, 5.74) is 0.190. The Hall–Kier alpha value is -0.380. The molecule has 1 heterocycles. The minimum atomic E-state index is 0.190. The van der Waals surface area contributed by atoms with Crippen molar-refractivity contribution in [2.24, 2.45) is 0 Å². The normalized spacial score (nSPS) is 21.3. The van der Waals surface area contributed by atoms with Crippen LogP contribution in [0.4, 0.5) is 0 Å². The summed E-state index contributed by atoms with van der Waals surface area (Å²) in [7, 11) is 0. The van der Waals surface area contributed by atoms with Crippen LogP contribution in [0.1, 0.15) is 32.0 Å². The Balaban J connectivity index is 2.28. The van der Waals surface area contributed by atoms with Gasteiger partial charge in [0.05, 0.1) is 0 Å². The third kappa shape index (κ3) is 1.09. The summed E-state index contributed by atoms with van der Waals surface area (Å²) < 4.78 is 4.84. The molecule has 0 unspecified atom stereocenters. The van der Waals surface area contributed by atoms with Crippen LogP contribution in [0.15, 0.2) is 9.32 Å². The van der Waals surface area contributed by atoms with Crippen LogP contribution in [0.25, 0.3) is 0 Å². The van der Waals surface area contributed by atoms with Gasteiger partial charge in [0.1, 0.15) is 0 Å². The molecule has 0 aromatic carbocycles. The predicted octanol–water partition coefficient (Wildman–Crippen LogP) is 2.27. The molecule has 60 valence electrons. The van der Waals surface area contributed by atoms with Crippen molar-refractivity contribution < 1.29 is 4.52 Å². The van der Waals surface area contributed by atoms with Crippen molar-refractivity contribution in [3.8, 4) is 0 Å². The van der Waals surface area contributed by atoms with E-state index in [4.69, 9.17) is 4.52 Å². The summed E-state index contributed by atoms with van der Waals surface area (Å²) in [6.07, 6.45) is 3.64. The maximum Gasteiger partial charge on any atom is 0.293 e. The second kappa shape index (κ2) is 2.30. The first-order valence-electron chi connectivity index (χ1n) is 3.70. The quantitative estimate of drug-likeness (QED) is 0.724. The van der Waals surface area contributed by atoms with E-state index < -0.39 is 0 Å². The van der Waals surface area contributed by atoms with Crippen LogP contribution in [0.2, 0.25) is 0 Å². The van der Waals surface area contributed by atoms with Crippen molar-refractivity contribution in [3.05, 3.63) is 10.6 Å². The van der Waals surface area contributed by atoms with Crippen molar-refractivity contribution >= 4 is 15.9 Å². The number of hydrogen-bond acceptors (Lipinski definition) is 3. The molecule has 1 aromatic rings. The highest BCUT2D eigenvalue weighted by molar-refractivity contribution is 9.10. The standard InChI is InChI=1S/C7H9BrN2O/c1-7(3-2-4-7)5-9-6(8)11-10-5/h2-4H2,1H3. The zero-order valence-electron chi connectivity index (χ0n) is 6.30. The van der Waals surface area contributed by atoms with E-state index in [9.17, 15) is 0 Å². The molecule has 0 spiro atoms. The average Bonchev–Trinajstić information content (AvgIpc) is 2.31. The van der Waals surface area contributed by atoms with E-state index in [2.05, 4.69) is 33.0 Å². The van der Waals surface area contributed by atoms with Gasteiger partial charge >= 0.3 is 0 Å². The average molecular weight is 217 g/mol. The molecule has 3 nitrogen and oxygen atoms in total. The van der Waals surface area contributed by atoms with Crippen LogP contribution < -0.4 is 0 Å². The molecule has 1 aliphatic rings. The first-order chi connectivity index (χ1) is 5.21. The highest BCUT2D eigenvalue weighted by Gasteiger charge is 2.37. The lowest BCUT2D eigenvalue weighted by molar-refractivity contribution is 0.245. The Morgan fingerprint density at radius 2 is 2.27 bits per heavy atom. The molecule has 0 N–H and O–H groups in total. The Kier molecular flexibility index (Phi) is 1.52. The molecular weight excluding hydrogens is 208 g/mol. The highest BCUT2D eigenvalue weighted by Crippen LogP contribution is 2.41. The largest absolute Gasteiger partial charge is 0.327 e. The van der Waals surface area contributed by atoms with Crippen LogP contribution in [0.3, 0.4) is 0 Å². The van der Waals surface area contributed by atoms with E-state index in [0.717, 1.165) is 5.82 Å². The third-order valence-corrected chi connectivity index (χ3v) is 2.72. The molecule has 0 radical (unpaired) electrons. The van der Waals surface area contributed by atoms with Crippen molar-refractivity contribution in [3.63, 3.8) is 0 Å². The van der Waals surface area contributed by atoms with Crippen molar-refractivity contribution in [1.29, 1.82) is 0 Å². The second-order valence-corrected chi connectivity index (χ2v) is 3.96. The fraction of sp³-hybridized carbons (Fsp3) is 0.714. The van der Waals surface area contributed by atoms with Crippen LogP contribution in [-0.4, -0.2) is 10.1 Å². The molecule has 1 saturated carbocycles. The first kappa shape index (κ1) is 7.28. The van der Waals surface area contributed by atoms with Gasteiger partial charge in [-0.1, -0.05) is 18.5 Å². The summed E-state index contributed by atoms with van der Waals surface area (Å²) in [6, 6.07) is 0. The minimum Gasteiger partial charge on any atom is -0.327 e. The fourth-order valence-corrected chi connectivity index (χ4v) is 1.62. The van der Waals surface area contributed by atoms with E-state index in [-0.39, 0.29) is 5.41 Å². The molecular formula is C7H9BrN2O. The Labute approximate surface area is 73.3 Å². The molecule has 0 bridgehead atoms. The third-order valence-electron chi connectivity index (χ3n) is 2.40. The molecule has 0 amide bonds. The lowest BCUT2D eigenvalue weighted by Crippen LogP contribution is -2.31. The maximum absolute atomic E-state index is 4.84. The van der Waals surface area contributed by atoms with Crippen LogP contribution in [-0.2, 0) is 5.41 Å². The van der Waals surface area contributed by atoms with Crippen molar-refractivity contribution in [2.45, 2.75) is 31.6 Å². The fourth-order valence-electron chi connectivity index (χ4n) is 1.38. The predicted molar refractivity (Wildman–Crippen MR) is 43.2 cm³/mol. The summed E-state index contributed by atoms with van der Waals surface area (Å²) in [5.74, 6) is 0.843. The number of nitrogens with zero attached hydrogens (tertiary/aromatic N) is 2. The molecule has 11 heavy (non-hydrogen) atoms. The molecule has 0 aliphatic heterocycles. The minimum absolute atomic E-state index is 0.190. The van der Waals surface area contributed by atoms with Gasteiger partial charge in [-0.3, -0.25) is 0 Å². The summed E-state index contributed by atoms with van der Waals surface area (Å²) in [4.78, 5) is 4.63. The second-order valence-electron chi connectivity index (χ2n) is 3.29. The van der Waals surface area contributed by atoms with E-state index in [1.165, 1.54) is 19.3 Å². The van der Waals surface area contributed by atoms with Crippen LogP contribution in [0.5, 0.6) is 0 Å². The highest BCUT2D eigenvalue weighted by atomic mass is 79.9. The Bertz CT molecular complexity index is 267. The van der Waals surface area contributed by atoms with Crippen molar-refractivity contribution in [2.75, 3.05) is 0 Å². The zero-order chi connectivity index (χ0) is 7.90. The van der Waals surface area contributed by atoms with Gasteiger partial charge in [0, 0.05) is 21.3 Å². The molecule has 1 fully saturated rings. The van der Waals surface area contributed by atoms with Gasteiger partial charge in [0.2, 0.25) is 0 Å². The maximum atomic E-state index is 4.84. The Morgan fingerprint density at radius 1 is 1.55 bits per heavy atom. The molecule has 4 heteroatoms. The van der Waals surface area contributed by atoms with Crippen molar-refractivity contribution in [1.82, 2.24) is 10.1 Å². The first-order valence-corrected chi connectivity index (χ1v) is 4.50. The van der Waals surface area contributed by atoms with Crippen LogP contribution >= 0.6 is 15.9 Å². The number of rotatable bonds is 1. The van der Waals surface area contributed by atoms with Gasteiger partial charge in [-0.05, 0) is 12.8 Å². The lowest BCUT2D eigenvalue weighted by Gasteiger charge is -2.34. The SMILES string of the molecule is CC1(c2noc(Br)n2)CCC1.